The average Bonchev–Trinajstić information content (AvgIpc) is 2.74. The van der Waals surface area contributed by atoms with Crippen molar-refractivity contribution in [2.45, 2.75) is 68.7 Å². The summed E-state index contributed by atoms with van der Waals surface area (Å²) in [5, 5.41) is 11.0. The number of hydrogen-bond acceptors (Lipinski definition) is 3. The second-order valence-corrected chi connectivity index (χ2v) is 4.28. The van der Waals surface area contributed by atoms with Gasteiger partial charge in [-0.3, -0.25) is 14.9 Å². The molecule has 2 rings (SSSR count). The number of para-hydroxylation sites is 1. The smallest absolute Gasteiger partial charge is 0.272 e. The van der Waals surface area contributed by atoms with Gasteiger partial charge in [-0.05, 0) is 12.5 Å². The van der Waals surface area contributed by atoms with E-state index in [1.54, 1.807) is 30.3 Å². The highest BCUT2D eigenvalue weighted by molar-refractivity contribution is 5.95. The molecule has 2 aromatic carbocycles. The van der Waals surface area contributed by atoms with E-state index in [1.807, 2.05) is 67.5 Å². The van der Waals surface area contributed by atoms with Gasteiger partial charge in [-0.2, -0.15) is 0 Å². The fourth-order valence-corrected chi connectivity index (χ4v) is 2.06. The molecule has 0 spiro atoms. The van der Waals surface area contributed by atoms with Crippen LogP contribution in [0.15, 0.2) is 48.5 Å². The Hall–Kier alpha value is -2.49. The van der Waals surface area contributed by atoms with E-state index >= 15 is 0 Å². The Kier molecular flexibility index (Phi) is 21.5. The van der Waals surface area contributed by atoms with Gasteiger partial charge in [-0.15, -0.1) is 0 Å². The molecule has 4 heteroatoms. The summed E-state index contributed by atoms with van der Waals surface area (Å²) in [5.74, 6) is -0.0332. The third-order valence-electron chi connectivity index (χ3n) is 2.97. The zero-order chi connectivity index (χ0) is 21.8. The van der Waals surface area contributed by atoms with E-state index in [9.17, 15) is 14.9 Å². The van der Waals surface area contributed by atoms with E-state index in [1.165, 1.54) is 13.0 Å². The zero-order valence-electron chi connectivity index (χ0n) is 18.5. The van der Waals surface area contributed by atoms with Crippen LogP contribution in [0.25, 0.3) is 0 Å². The molecule has 0 unspecified atom stereocenters. The molecule has 0 amide bonds. The van der Waals surface area contributed by atoms with Gasteiger partial charge >= 0.3 is 0 Å². The third-order valence-corrected chi connectivity index (χ3v) is 2.97. The fourth-order valence-electron chi connectivity index (χ4n) is 2.06. The zero-order valence-corrected chi connectivity index (χ0v) is 18.5. The first-order chi connectivity index (χ1) is 13.1. The predicted molar refractivity (Wildman–Crippen MR) is 118 cm³/mol. The average molecular weight is 376 g/mol. The van der Waals surface area contributed by atoms with Crippen molar-refractivity contribution in [1.82, 2.24) is 0 Å². The van der Waals surface area contributed by atoms with Crippen LogP contribution in [0.5, 0.6) is 0 Å². The van der Waals surface area contributed by atoms with E-state index in [-0.39, 0.29) is 11.5 Å². The summed E-state index contributed by atoms with van der Waals surface area (Å²) in [4.78, 5) is 22.1. The van der Waals surface area contributed by atoms with E-state index in [0.717, 1.165) is 5.56 Å². The highest BCUT2D eigenvalue weighted by Gasteiger charge is 2.15. The molecule has 0 bridgehead atoms. The standard InChI is InChI=1S/C15H13NO3.4C2H6/c1-11(17)14-8-4-2-6-12(14)10-13-7-3-5-9-15(13)16(18)19;4*1-2/h2-9H,10H2,1H3;4*1-2H3. The molecule has 4 nitrogen and oxygen atoms in total. The van der Waals surface area contributed by atoms with Crippen molar-refractivity contribution >= 4 is 11.5 Å². The number of nitro groups is 1. The number of hydrogen-bond donors (Lipinski definition) is 0. The van der Waals surface area contributed by atoms with Crippen LogP contribution >= 0.6 is 0 Å². The molecule has 0 atom stereocenters. The van der Waals surface area contributed by atoms with Gasteiger partial charge in [0.25, 0.3) is 5.69 Å². The van der Waals surface area contributed by atoms with Crippen LogP contribution in [0.4, 0.5) is 5.69 Å². The molecule has 0 aliphatic carbocycles. The van der Waals surface area contributed by atoms with Gasteiger partial charge in [-0.1, -0.05) is 97.9 Å². The fraction of sp³-hybridized carbons (Fsp3) is 0.435. The number of benzene rings is 2. The van der Waals surface area contributed by atoms with Gasteiger partial charge in [0.2, 0.25) is 0 Å². The van der Waals surface area contributed by atoms with Gasteiger partial charge in [0, 0.05) is 23.6 Å². The maximum atomic E-state index is 11.5. The summed E-state index contributed by atoms with van der Waals surface area (Å²) < 4.78 is 0. The Labute approximate surface area is 165 Å². The molecule has 27 heavy (non-hydrogen) atoms. The Morgan fingerprint density at radius 2 is 1.19 bits per heavy atom. The van der Waals surface area contributed by atoms with E-state index in [2.05, 4.69) is 0 Å². The molecule has 0 aliphatic heterocycles. The summed E-state index contributed by atoms with van der Waals surface area (Å²) >= 11 is 0. The van der Waals surface area contributed by atoms with Crippen molar-refractivity contribution in [3.8, 4) is 0 Å². The van der Waals surface area contributed by atoms with Crippen LogP contribution in [0, 0.1) is 10.1 Å². The van der Waals surface area contributed by atoms with Crippen molar-refractivity contribution < 1.29 is 9.72 Å². The Bertz CT molecular complexity index is 582. The first-order valence-corrected chi connectivity index (χ1v) is 9.90. The molecule has 0 heterocycles. The van der Waals surface area contributed by atoms with Gasteiger partial charge in [0.05, 0.1) is 4.92 Å². The number of nitro benzene ring substituents is 1. The molecule has 2 aromatic rings. The normalized spacial score (nSPS) is 8.04. The lowest BCUT2D eigenvalue weighted by atomic mass is 9.97. The lowest BCUT2D eigenvalue weighted by Crippen LogP contribution is -2.02. The van der Waals surface area contributed by atoms with Crippen LogP contribution in [-0.4, -0.2) is 10.7 Å². The molecule has 0 aromatic heterocycles. The molecule has 0 fully saturated rings. The van der Waals surface area contributed by atoms with Gasteiger partial charge < -0.3 is 0 Å². The SMILES string of the molecule is CC.CC.CC.CC.CC(=O)c1ccccc1Cc1ccccc1[N+](=O)[O-]. The topological polar surface area (TPSA) is 60.2 Å². The maximum absolute atomic E-state index is 11.5. The summed E-state index contributed by atoms with van der Waals surface area (Å²) in [6.07, 6.45) is 0.382. The first kappa shape index (κ1) is 29.3. The van der Waals surface area contributed by atoms with Crippen molar-refractivity contribution in [3.63, 3.8) is 0 Å². The molecular formula is C23H37NO3. The Morgan fingerprint density at radius 3 is 1.63 bits per heavy atom. The maximum Gasteiger partial charge on any atom is 0.272 e. The van der Waals surface area contributed by atoms with Crippen LogP contribution in [0.1, 0.15) is 83.8 Å². The second kappa shape index (κ2) is 19.8. The molecule has 0 N–H and O–H groups in total. The molecule has 0 saturated heterocycles. The van der Waals surface area contributed by atoms with E-state index in [4.69, 9.17) is 0 Å². The predicted octanol–water partition coefficient (Wildman–Crippen LogP) is 7.49. The second-order valence-electron chi connectivity index (χ2n) is 4.28. The minimum absolute atomic E-state index is 0.0332. The van der Waals surface area contributed by atoms with E-state index < -0.39 is 4.92 Å². The van der Waals surface area contributed by atoms with E-state index in [0.29, 0.717) is 17.5 Å². The van der Waals surface area contributed by atoms with Crippen LogP contribution < -0.4 is 0 Å². The van der Waals surface area contributed by atoms with Crippen LogP contribution in [0.3, 0.4) is 0 Å². The Balaban J connectivity index is -0.000000638. The highest BCUT2D eigenvalue weighted by Crippen LogP contribution is 2.22. The molecule has 152 valence electrons. The Morgan fingerprint density at radius 1 is 0.778 bits per heavy atom. The lowest BCUT2D eigenvalue weighted by molar-refractivity contribution is -0.385. The monoisotopic (exact) mass is 375 g/mol. The minimum atomic E-state index is -0.397. The summed E-state index contributed by atoms with van der Waals surface area (Å²) in [6.45, 7) is 17.5. The number of carbonyl (C=O) groups is 1. The first-order valence-electron chi connectivity index (χ1n) is 9.90. The minimum Gasteiger partial charge on any atom is -0.295 e. The van der Waals surface area contributed by atoms with Crippen molar-refractivity contribution in [1.29, 1.82) is 0 Å². The lowest BCUT2D eigenvalue weighted by Gasteiger charge is -2.07. The van der Waals surface area contributed by atoms with Crippen molar-refractivity contribution in [3.05, 3.63) is 75.3 Å². The number of Topliss-reactive ketones (excluding diaryl/α,β-unsaturated/α-hetero) is 1. The van der Waals surface area contributed by atoms with Gasteiger partial charge in [0.15, 0.2) is 5.78 Å². The number of nitrogens with zero attached hydrogens (tertiary/aromatic N) is 1. The number of rotatable bonds is 4. The largest absolute Gasteiger partial charge is 0.295 e. The molecule has 0 radical (unpaired) electrons. The quantitative estimate of drug-likeness (QED) is 0.316. The van der Waals surface area contributed by atoms with Crippen LogP contribution in [-0.2, 0) is 6.42 Å². The third kappa shape index (κ3) is 11.0. The van der Waals surface area contributed by atoms with Gasteiger partial charge in [-0.25, -0.2) is 0 Å². The van der Waals surface area contributed by atoms with Gasteiger partial charge in [0.1, 0.15) is 0 Å². The summed E-state index contributed by atoms with van der Waals surface area (Å²) in [5.41, 5.74) is 2.12. The van der Waals surface area contributed by atoms with Crippen molar-refractivity contribution in [2.24, 2.45) is 0 Å². The van der Waals surface area contributed by atoms with Crippen LogP contribution in [0.2, 0.25) is 0 Å². The molecular weight excluding hydrogens is 338 g/mol. The molecule has 0 aliphatic rings. The number of ketones is 1. The number of carbonyl (C=O) groups excluding carboxylic acids is 1. The molecule has 0 saturated carbocycles. The highest BCUT2D eigenvalue weighted by atomic mass is 16.6. The summed E-state index contributed by atoms with van der Waals surface area (Å²) in [6, 6.07) is 13.8. The summed E-state index contributed by atoms with van der Waals surface area (Å²) in [7, 11) is 0. The van der Waals surface area contributed by atoms with Crippen molar-refractivity contribution in [2.75, 3.05) is 0 Å².